The van der Waals surface area contributed by atoms with E-state index in [-0.39, 0.29) is 5.56 Å². The summed E-state index contributed by atoms with van der Waals surface area (Å²) in [6.07, 6.45) is 0.636. The topological polar surface area (TPSA) is 61.3 Å². The van der Waals surface area contributed by atoms with Gasteiger partial charge < -0.3 is 4.90 Å². The summed E-state index contributed by atoms with van der Waals surface area (Å²) in [6, 6.07) is 7.77. The van der Waals surface area contributed by atoms with Crippen molar-refractivity contribution in [3.63, 3.8) is 0 Å². The molecule has 0 aliphatic carbocycles. The Morgan fingerprint density at radius 1 is 1.25 bits per heavy atom. The van der Waals surface area contributed by atoms with E-state index in [1.165, 1.54) is 0 Å². The van der Waals surface area contributed by atoms with Gasteiger partial charge in [-0.05, 0) is 39.6 Å². The Morgan fingerprint density at radius 2 is 1.96 bits per heavy atom. The van der Waals surface area contributed by atoms with Crippen molar-refractivity contribution in [2.24, 2.45) is 0 Å². The van der Waals surface area contributed by atoms with Crippen LogP contribution < -0.4 is 5.56 Å². The van der Waals surface area contributed by atoms with Gasteiger partial charge in [-0.15, -0.1) is 0 Å². The zero-order valence-electron chi connectivity index (χ0n) is 14.4. The Bertz CT molecular complexity index is 792. The highest BCUT2D eigenvalue weighted by Gasteiger charge is 2.26. The third kappa shape index (κ3) is 3.53. The first-order valence-corrected chi connectivity index (χ1v) is 9.25. The summed E-state index contributed by atoms with van der Waals surface area (Å²) in [5.74, 6) is 0. The van der Waals surface area contributed by atoms with E-state index < -0.39 is 11.0 Å². The van der Waals surface area contributed by atoms with Crippen LogP contribution in [0.5, 0.6) is 0 Å². The van der Waals surface area contributed by atoms with Crippen molar-refractivity contribution in [3.05, 3.63) is 51.4 Å². The first-order chi connectivity index (χ1) is 11.5. The highest BCUT2D eigenvalue weighted by molar-refractivity contribution is 7.82. The first kappa shape index (κ1) is 17.1. The number of aromatic nitrogens is 2. The Balaban J connectivity index is 1.76. The molecule has 0 amide bonds. The van der Waals surface area contributed by atoms with Crippen LogP contribution in [-0.4, -0.2) is 50.4 Å². The standard InChI is InChI=1S/C17H24N4O2S/c1-13-4-6-14(7-5-13)24(23)20-9-8-15-16(12-20)18-21(17(15)22)11-10-19(2)3/h4-7,18H,8-12H2,1-3H3. The van der Waals surface area contributed by atoms with Crippen LogP contribution in [-0.2, 0) is 30.5 Å². The quantitative estimate of drug-likeness (QED) is 0.881. The molecule has 24 heavy (non-hydrogen) atoms. The molecule has 1 atom stereocenters. The van der Waals surface area contributed by atoms with Crippen LogP contribution >= 0.6 is 0 Å². The summed E-state index contributed by atoms with van der Waals surface area (Å²) < 4.78 is 16.3. The largest absolute Gasteiger partial charge is 0.308 e. The van der Waals surface area contributed by atoms with E-state index in [9.17, 15) is 9.00 Å². The van der Waals surface area contributed by atoms with Crippen molar-refractivity contribution < 1.29 is 4.21 Å². The van der Waals surface area contributed by atoms with E-state index in [0.717, 1.165) is 28.3 Å². The van der Waals surface area contributed by atoms with Gasteiger partial charge in [0.2, 0.25) is 0 Å². The van der Waals surface area contributed by atoms with Gasteiger partial charge in [-0.2, -0.15) is 0 Å². The Morgan fingerprint density at radius 3 is 2.62 bits per heavy atom. The average Bonchev–Trinajstić information content (AvgIpc) is 2.88. The molecule has 1 N–H and O–H groups in total. The average molecular weight is 348 g/mol. The van der Waals surface area contributed by atoms with Gasteiger partial charge in [0.05, 0.1) is 23.7 Å². The van der Waals surface area contributed by atoms with Crippen molar-refractivity contribution in [1.29, 1.82) is 0 Å². The minimum Gasteiger partial charge on any atom is -0.308 e. The predicted octanol–water partition coefficient (Wildman–Crippen LogP) is 1.13. The number of hydrogen-bond donors (Lipinski definition) is 1. The molecule has 3 rings (SSSR count). The van der Waals surface area contributed by atoms with Crippen LogP contribution in [0.1, 0.15) is 16.8 Å². The molecule has 7 heteroatoms. The Hall–Kier alpha value is -1.70. The minimum atomic E-state index is -1.20. The fraction of sp³-hybridized carbons (Fsp3) is 0.471. The molecule has 2 heterocycles. The molecule has 0 saturated carbocycles. The third-order valence-electron chi connectivity index (χ3n) is 4.31. The molecule has 1 aliphatic heterocycles. The molecule has 1 unspecified atom stereocenters. The number of fused-ring (bicyclic) bond motifs is 1. The lowest BCUT2D eigenvalue weighted by Gasteiger charge is -2.24. The molecule has 2 aromatic rings. The number of H-pyrrole nitrogens is 1. The van der Waals surface area contributed by atoms with Crippen LogP contribution in [0.15, 0.2) is 34.0 Å². The van der Waals surface area contributed by atoms with Crippen molar-refractivity contribution >= 4 is 11.0 Å². The number of benzene rings is 1. The van der Waals surface area contributed by atoms with Crippen LogP contribution in [0.4, 0.5) is 0 Å². The molecule has 0 bridgehead atoms. The fourth-order valence-electron chi connectivity index (χ4n) is 2.86. The number of aryl methyl sites for hydroxylation is 1. The van der Waals surface area contributed by atoms with Gasteiger partial charge >= 0.3 is 0 Å². The molecule has 130 valence electrons. The van der Waals surface area contributed by atoms with Gasteiger partial charge in [-0.3, -0.25) is 14.6 Å². The summed E-state index contributed by atoms with van der Waals surface area (Å²) in [5, 5.41) is 3.20. The number of likely N-dealkylation sites (N-methyl/N-ethyl adjacent to an activating group) is 1. The highest BCUT2D eigenvalue weighted by Crippen LogP contribution is 2.20. The third-order valence-corrected chi connectivity index (χ3v) is 5.77. The molecule has 6 nitrogen and oxygen atoms in total. The van der Waals surface area contributed by atoms with Crippen molar-refractivity contribution in [1.82, 2.24) is 19.0 Å². The zero-order valence-corrected chi connectivity index (χ0v) is 15.2. The summed E-state index contributed by atoms with van der Waals surface area (Å²) >= 11 is 0. The molecular formula is C17H24N4O2S. The Labute approximate surface area is 144 Å². The monoisotopic (exact) mass is 348 g/mol. The maximum atomic E-state index is 12.8. The first-order valence-electron chi connectivity index (χ1n) is 8.14. The summed E-state index contributed by atoms with van der Waals surface area (Å²) in [7, 11) is 2.77. The second-order valence-corrected chi connectivity index (χ2v) is 7.99. The maximum Gasteiger partial charge on any atom is 0.270 e. The number of nitrogens with one attached hydrogen (secondary N) is 1. The van der Waals surface area contributed by atoms with Gasteiger partial charge in [-0.25, -0.2) is 8.51 Å². The maximum absolute atomic E-state index is 12.8. The number of aromatic amines is 1. The van der Waals surface area contributed by atoms with Crippen LogP contribution in [0.3, 0.4) is 0 Å². The number of nitrogens with zero attached hydrogens (tertiary/aromatic N) is 3. The number of hydrogen-bond acceptors (Lipinski definition) is 3. The lowest BCUT2D eigenvalue weighted by molar-refractivity contribution is 0.368. The van der Waals surface area contributed by atoms with Gasteiger partial charge in [0.15, 0.2) is 0 Å². The molecule has 1 aromatic carbocycles. The predicted molar refractivity (Wildman–Crippen MR) is 95.3 cm³/mol. The molecule has 0 fully saturated rings. The van der Waals surface area contributed by atoms with Crippen molar-refractivity contribution in [2.45, 2.75) is 31.3 Å². The minimum absolute atomic E-state index is 0.0626. The Kier molecular flexibility index (Phi) is 5.03. The van der Waals surface area contributed by atoms with E-state index in [1.54, 1.807) is 4.68 Å². The number of rotatable bonds is 5. The lowest BCUT2D eigenvalue weighted by atomic mass is 10.1. The van der Waals surface area contributed by atoms with Gasteiger partial charge in [-0.1, -0.05) is 17.7 Å². The van der Waals surface area contributed by atoms with Gasteiger partial charge in [0, 0.05) is 18.7 Å². The van der Waals surface area contributed by atoms with Crippen LogP contribution in [0.25, 0.3) is 0 Å². The second-order valence-electron chi connectivity index (χ2n) is 6.50. The van der Waals surface area contributed by atoms with E-state index in [0.29, 0.717) is 26.1 Å². The van der Waals surface area contributed by atoms with Gasteiger partial charge in [0.25, 0.3) is 5.56 Å². The second kappa shape index (κ2) is 7.04. The molecule has 1 aromatic heterocycles. The highest BCUT2D eigenvalue weighted by atomic mass is 32.2. The normalized spacial score (nSPS) is 16.3. The zero-order chi connectivity index (χ0) is 17.3. The molecular weight excluding hydrogens is 324 g/mol. The van der Waals surface area contributed by atoms with E-state index in [4.69, 9.17) is 0 Å². The van der Waals surface area contributed by atoms with E-state index in [2.05, 4.69) is 5.10 Å². The summed E-state index contributed by atoms with van der Waals surface area (Å²) in [5.41, 5.74) is 2.95. The smallest absolute Gasteiger partial charge is 0.270 e. The summed E-state index contributed by atoms with van der Waals surface area (Å²) in [6.45, 7) is 4.60. The lowest BCUT2D eigenvalue weighted by Crippen LogP contribution is -2.33. The fourth-order valence-corrected chi connectivity index (χ4v) is 4.03. The molecule has 1 aliphatic rings. The van der Waals surface area contributed by atoms with Crippen LogP contribution in [0, 0.1) is 6.92 Å². The molecule has 0 saturated heterocycles. The van der Waals surface area contributed by atoms with E-state index in [1.807, 2.05) is 54.5 Å². The molecule has 0 spiro atoms. The van der Waals surface area contributed by atoms with E-state index >= 15 is 0 Å². The SMILES string of the molecule is Cc1ccc(S(=O)N2CCc3c([nH]n(CCN(C)C)c3=O)C2)cc1. The molecule has 0 radical (unpaired) electrons. The van der Waals surface area contributed by atoms with Crippen molar-refractivity contribution in [3.8, 4) is 0 Å². The van der Waals surface area contributed by atoms with Crippen LogP contribution in [0.2, 0.25) is 0 Å². The van der Waals surface area contributed by atoms with Gasteiger partial charge in [0.1, 0.15) is 11.0 Å². The summed E-state index contributed by atoms with van der Waals surface area (Å²) in [4.78, 5) is 15.3. The van der Waals surface area contributed by atoms with Crippen molar-refractivity contribution in [2.75, 3.05) is 27.2 Å².